The largest absolute Gasteiger partial charge is 0.493 e. The average Bonchev–Trinajstić information content (AvgIpc) is 2.82. The molecular formula is C23H21ClF2N2O6S. The number of ether oxygens (including phenoxy) is 2. The Bertz CT molecular complexity index is 1330. The lowest BCUT2D eigenvalue weighted by molar-refractivity contribution is -0.115. The van der Waals surface area contributed by atoms with Crippen LogP contribution in [0.3, 0.4) is 0 Å². The highest BCUT2D eigenvalue weighted by Crippen LogP contribution is 2.32. The zero-order valence-corrected chi connectivity index (χ0v) is 20.1. The molecule has 35 heavy (non-hydrogen) atoms. The van der Waals surface area contributed by atoms with E-state index >= 15 is 0 Å². The van der Waals surface area contributed by atoms with Crippen molar-refractivity contribution in [2.45, 2.75) is 11.0 Å². The van der Waals surface area contributed by atoms with Crippen molar-refractivity contribution in [1.29, 1.82) is 0 Å². The fraction of sp³-hybridized carbons (Fsp3) is 0.174. The van der Waals surface area contributed by atoms with Gasteiger partial charge in [0.1, 0.15) is 17.7 Å². The summed E-state index contributed by atoms with van der Waals surface area (Å²) in [5, 5.41) is 13.3. The van der Waals surface area contributed by atoms with Crippen molar-refractivity contribution in [3.63, 3.8) is 0 Å². The standard InChI is InChI=1S/C23H21ClF2N2O6S/c1-33-20-6-4-17(11-21(20)34-2)35(31,32)27-12-22(29)28-19-5-3-14(24)9-18(19)23(30)13-7-15(25)10-16(26)8-13/h3-11,23,27,30H,12H2,1-2H3,(H,28,29). The van der Waals surface area contributed by atoms with E-state index in [0.717, 1.165) is 12.1 Å². The maximum Gasteiger partial charge on any atom is 0.241 e. The Morgan fingerprint density at radius 3 is 2.29 bits per heavy atom. The van der Waals surface area contributed by atoms with E-state index in [1.807, 2.05) is 0 Å². The summed E-state index contributed by atoms with van der Waals surface area (Å²) in [5.41, 5.74) is 0.0231. The molecule has 0 aliphatic heterocycles. The predicted molar refractivity (Wildman–Crippen MR) is 125 cm³/mol. The second-order valence-electron chi connectivity index (χ2n) is 7.23. The summed E-state index contributed by atoms with van der Waals surface area (Å²) in [5.74, 6) is -2.03. The van der Waals surface area contributed by atoms with Crippen molar-refractivity contribution in [1.82, 2.24) is 4.72 Å². The zero-order chi connectivity index (χ0) is 25.8. The molecule has 186 valence electrons. The van der Waals surface area contributed by atoms with E-state index in [9.17, 15) is 27.1 Å². The number of aliphatic hydroxyl groups excluding tert-OH is 1. The number of carbonyl (C=O) groups is 1. The van der Waals surface area contributed by atoms with Crippen LogP contribution in [0.2, 0.25) is 5.02 Å². The van der Waals surface area contributed by atoms with Gasteiger partial charge in [0.2, 0.25) is 15.9 Å². The Hall–Kier alpha value is -3.25. The molecule has 3 aromatic rings. The maximum absolute atomic E-state index is 13.6. The fourth-order valence-corrected chi connectivity index (χ4v) is 4.39. The molecule has 12 heteroatoms. The van der Waals surface area contributed by atoms with E-state index < -0.39 is 40.2 Å². The van der Waals surface area contributed by atoms with Gasteiger partial charge in [0.25, 0.3) is 0 Å². The molecule has 0 aliphatic carbocycles. The molecule has 1 unspecified atom stereocenters. The molecule has 3 N–H and O–H groups in total. The number of hydrogen-bond donors (Lipinski definition) is 3. The molecule has 3 aromatic carbocycles. The molecule has 0 fully saturated rings. The number of benzene rings is 3. The summed E-state index contributed by atoms with van der Waals surface area (Å²) in [4.78, 5) is 12.3. The number of methoxy groups -OCH3 is 2. The van der Waals surface area contributed by atoms with Gasteiger partial charge < -0.3 is 19.9 Å². The highest BCUT2D eigenvalue weighted by molar-refractivity contribution is 7.89. The van der Waals surface area contributed by atoms with E-state index in [4.69, 9.17) is 21.1 Å². The SMILES string of the molecule is COc1ccc(S(=O)(=O)NCC(=O)Nc2ccc(Cl)cc2C(O)c2cc(F)cc(F)c2)cc1OC. The summed E-state index contributed by atoms with van der Waals surface area (Å²) in [7, 11) is -1.33. The molecule has 1 amide bonds. The maximum atomic E-state index is 13.6. The Balaban J connectivity index is 1.77. The first kappa shape index (κ1) is 26.4. The number of sulfonamides is 1. The van der Waals surface area contributed by atoms with Gasteiger partial charge in [-0.15, -0.1) is 0 Å². The van der Waals surface area contributed by atoms with Gasteiger partial charge >= 0.3 is 0 Å². The first-order valence-corrected chi connectivity index (χ1v) is 11.8. The predicted octanol–water partition coefficient (Wildman–Crippen LogP) is 3.63. The first-order valence-electron chi connectivity index (χ1n) is 9.99. The van der Waals surface area contributed by atoms with Crippen LogP contribution in [0, 0.1) is 11.6 Å². The molecular weight excluding hydrogens is 506 g/mol. The number of anilines is 1. The Morgan fingerprint density at radius 2 is 1.66 bits per heavy atom. The average molecular weight is 527 g/mol. The van der Waals surface area contributed by atoms with Crippen LogP contribution >= 0.6 is 11.6 Å². The molecule has 0 aromatic heterocycles. The Kier molecular flexibility index (Phi) is 8.28. The quantitative estimate of drug-likeness (QED) is 0.392. The van der Waals surface area contributed by atoms with E-state index in [-0.39, 0.29) is 32.5 Å². The third kappa shape index (κ3) is 6.45. The highest BCUT2D eigenvalue weighted by Gasteiger charge is 2.21. The number of carbonyl (C=O) groups excluding carboxylic acids is 1. The van der Waals surface area contributed by atoms with Crippen molar-refractivity contribution in [2.24, 2.45) is 0 Å². The molecule has 0 bridgehead atoms. The summed E-state index contributed by atoms with van der Waals surface area (Å²) in [6.07, 6.45) is -1.53. The van der Waals surface area contributed by atoms with Crippen LogP contribution in [-0.2, 0) is 14.8 Å². The van der Waals surface area contributed by atoms with Crippen molar-refractivity contribution >= 4 is 33.2 Å². The second kappa shape index (κ2) is 11.0. The van der Waals surface area contributed by atoms with Gasteiger partial charge in [-0.1, -0.05) is 11.6 Å². The first-order chi connectivity index (χ1) is 16.5. The number of halogens is 3. The number of hydrogen-bond acceptors (Lipinski definition) is 6. The minimum Gasteiger partial charge on any atom is -0.493 e. The molecule has 0 saturated carbocycles. The molecule has 0 aliphatic rings. The molecule has 0 saturated heterocycles. The van der Waals surface area contributed by atoms with Crippen molar-refractivity contribution in [3.05, 3.63) is 82.4 Å². The minimum absolute atomic E-state index is 0.0543. The van der Waals surface area contributed by atoms with Gasteiger partial charge in [0.05, 0.1) is 25.7 Å². The Labute approximate surface area is 205 Å². The molecule has 0 radical (unpaired) electrons. The number of rotatable bonds is 9. The number of nitrogens with one attached hydrogen (secondary N) is 2. The zero-order valence-electron chi connectivity index (χ0n) is 18.5. The summed E-state index contributed by atoms with van der Waals surface area (Å²) < 4.78 is 64.8. The number of aliphatic hydroxyl groups is 1. The topological polar surface area (TPSA) is 114 Å². The lowest BCUT2D eigenvalue weighted by Crippen LogP contribution is -2.33. The van der Waals surface area contributed by atoms with Gasteiger partial charge in [-0.3, -0.25) is 4.79 Å². The summed E-state index contributed by atoms with van der Waals surface area (Å²) in [6, 6.07) is 10.6. The van der Waals surface area contributed by atoms with Crippen LogP contribution in [-0.4, -0.2) is 40.2 Å². The van der Waals surface area contributed by atoms with Crippen LogP contribution in [0.5, 0.6) is 11.5 Å². The minimum atomic E-state index is -4.09. The van der Waals surface area contributed by atoms with E-state index in [0.29, 0.717) is 11.8 Å². The lowest BCUT2D eigenvalue weighted by Gasteiger charge is -2.18. The van der Waals surface area contributed by atoms with Gasteiger partial charge in [-0.05, 0) is 48.0 Å². The van der Waals surface area contributed by atoms with Crippen molar-refractivity contribution in [3.8, 4) is 11.5 Å². The lowest BCUT2D eigenvalue weighted by atomic mass is 9.99. The van der Waals surface area contributed by atoms with Crippen molar-refractivity contribution < 1.29 is 36.6 Å². The van der Waals surface area contributed by atoms with E-state index in [1.165, 1.54) is 50.6 Å². The Morgan fingerprint density at radius 1 is 1.00 bits per heavy atom. The van der Waals surface area contributed by atoms with E-state index in [1.54, 1.807) is 0 Å². The van der Waals surface area contributed by atoms with Crippen molar-refractivity contribution in [2.75, 3.05) is 26.1 Å². The molecule has 0 spiro atoms. The van der Waals surface area contributed by atoms with Crippen LogP contribution < -0.4 is 19.5 Å². The number of amides is 1. The summed E-state index contributed by atoms with van der Waals surface area (Å²) >= 11 is 6.00. The van der Waals surface area contributed by atoms with Crippen LogP contribution in [0.15, 0.2) is 59.5 Å². The van der Waals surface area contributed by atoms with Gasteiger partial charge in [-0.25, -0.2) is 21.9 Å². The highest BCUT2D eigenvalue weighted by atomic mass is 35.5. The second-order valence-corrected chi connectivity index (χ2v) is 9.43. The molecule has 3 rings (SSSR count). The molecule has 1 atom stereocenters. The monoisotopic (exact) mass is 526 g/mol. The van der Waals surface area contributed by atoms with Gasteiger partial charge in [0, 0.05) is 28.4 Å². The van der Waals surface area contributed by atoms with Crippen LogP contribution in [0.25, 0.3) is 0 Å². The van der Waals surface area contributed by atoms with Gasteiger partial charge in [0.15, 0.2) is 11.5 Å². The smallest absolute Gasteiger partial charge is 0.241 e. The third-order valence-corrected chi connectivity index (χ3v) is 6.50. The van der Waals surface area contributed by atoms with E-state index in [2.05, 4.69) is 10.0 Å². The van der Waals surface area contributed by atoms with Crippen LogP contribution in [0.1, 0.15) is 17.2 Å². The normalized spacial score (nSPS) is 12.2. The molecule has 8 nitrogen and oxygen atoms in total. The van der Waals surface area contributed by atoms with Crippen LogP contribution in [0.4, 0.5) is 14.5 Å². The van der Waals surface area contributed by atoms with Gasteiger partial charge in [-0.2, -0.15) is 0 Å². The summed E-state index contributed by atoms with van der Waals surface area (Å²) in [6.45, 7) is -0.649. The third-order valence-electron chi connectivity index (χ3n) is 4.87. The fourth-order valence-electron chi connectivity index (χ4n) is 3.21. The molecule has 0 heterocycles.